The number of hydrogen-bond donors (Lipinski definition) is 2. The Morgan fingerprint density at radius 1 is 0.978 bits per heavy atom. The number of aryl methyl sites for hydroxylation is 1. The summed E-state index contributed by atoms with van der Waals surface area (Å²) in [5.41, 5.74) is 5.62. The van der Waals surface area contributed by atoms with Gasteiger partial charge in [0.05, 0.1) is 16.3 Å². The molecule has 0 radical (unpaired) electrons. The van der Waals surface area contributed by atoms with Gasteiger partial charge in [0.25, 0.3) is 0 Å². The van der Waals surface area contributed by atoms with Gasteiger partial charge in [-0.25, -0.2) is 9.78 Å². The SMILES string of the molecule is C=CC.Cc1nc(CNC23CCCC2C2CCC4C5(C)CC=C(c6ccc(C(=O)O)cc6)C(C)(C)C5CCC4(C)[C@]2(C)CC3)cs1. The average molecular weight is 643 g/mol. The smallest absolute Gasteiger partial charge is 0.335 e. The molecular weight excluding hydrogens is 585 g/mol. The van der Waals surface area contributed by atoms with Gasteiger partial charge in [-0.05, 0) is 140 Å². The number of nitrogens with one attached hydrogen (secondary N) is 1. The lowest BCUT2D eigenvalue weighted by atomic mass is 9.33. The van der Waals surface area contributed by atoms with Gasteiger partial charge in [-0.2, -0.15) is 0 Å². The van der Waals surface area contributed by atoms with E-state index in [1.54, 1.807) is 29.5 Å². The summed E-state index contributed by atoms with van der Waals surface area (Å²) in [6, 6.07) is 7.64. The van der Waals surface area contributed by atoms with Gasteiger partial charge in [0, 0.05) is 17.5 Å². The molecule has 0 saturated heterocycles. The quantitative estimate of drug-likeness (QED) is 0.319. The van der Waals surface area contributed by atoms with Crippen LogP contribution in [0.2, 0.25) is 0 Å². The number of thiazole rings is 1. The summed E-state index contributed by atoms with van der Waals surface area (Å²) in [6.45, 7) is 21.4. The van der Waals surface area contributed by atoms with E-state index in [1.807, 2.05) is 19.1 Å². The monoisotopic (exact) mass is 642 g/mol. The third-order valence-electron chi connectivity index (χ3n) is 14.7. The van der Waals surface area contributed by atoms with Gasteiger partial charge in [0.15, 0.2) is 0 Å². The highest BCUT2D eigenvalue weighted by Gasteiger charge is 2.69. The van der Waals surface area contributed by atoms with Crippen LogP contribution in [-0.2, 0) is 6.54 Å². The molecule has 46 heavy (non-hydrogen) atoms. The topological polar surface area (TPSA) is 62.2 Å². The van der Waals surface area contributed by atoms with Crippen molar-refractivity contribution in [3.63, 3.8) is 0 Å². The van der Waals surface area contributed by atoms with Gasteiger partial charge in [-0.3, -0.25) is 0 Å². The van der Waals surface area contributed by atoms with E-state index in [9.17, 15) is 9.90 Å². The van der Waals surface area contributed by atoms with Crippen molar-refractivity contribution in [3.05, 3.63) is 70.2 Å². The van der Waals surface area contributed by atoms with Crippen molar-refractivity contribution in [2.24, 2.45) is 45.3 Å². The minimum absolute atomic E-state index is 0.0575. The molecule has 8 atom stereocenters. The lowest BCUT2D eigenvalue weighted by Crippen LogP contribution is -2.67. The van der Waals surface area contributed by atoms with Crippen LogP contribution < -0.4 is 5.32 Å². The first-order valence-electron chi connectivity index (χ1n) is 18.0. The van der Waals surface area contributed by atoms with E-state index in [1.165, 1.54) is 79.6 Å². The van der Waals surface area contributed by atoms with Gasteiger partial charge >= 0.3 is 5.97 Å². The molecule has 4 saturated carbocycles. The van der Waals surface area contributed by atoms with E-state index in [2.05, 4.69) is 64.9 Å². The maximum Gasteiger partial charge on any atom is 0.335 e. The van der Waals surface area contributed by atoms with Crippen LogP contribution in [0, 0.1) is 52.3 Å². The maximum atomic E-state index is 11.5. The van der Waals surface area contributed by atoms with Crippen LogP contribution in [0.1, 0.15) is 132 Å². The van der Waals surface area contributed by atoms with Gasteiger partial charge < -0.3 is 10.4 Å². The van der Waals surface area contributed by atoms with Crippen molar-refractivity contribution >= 4 is 22.9 Å². The molecule has 2 N–H and O–H groups in total. The van der Waals surface area contributed by atoms with Gasteiger partial charge in [-0.15, -0.1) is 17.9 Å². The van der Waals surface area contributed by atoms with Crippen LogP contribution in [-0.4, -0.2) is 21.6 Å². The Hall–Kier alpha value is -2.24. The Bertz CT molecular complexity index is 1490. The van der Waals surface area contributed by atoms with Crippen molar-refractivity contribution in [1.82, 2.24) is 10.3 Å². The molecule has 0 aliphatic heterocycles. The highest BCUT2D eigenvalue weighted by molar-refractivity contribution is 7.09. The number of benzene rings is 1. The number of allylic oxidation sites excluding steroid dienone is 3. The van der Waals surface area contributed by atoms with E-state index in [4.69, 9.17) is 4.98 Å². The van der Waals surface area contributed by atoms with Crippen molar-refractivity contribution in [1.29, 1.82) is 0 Å². The predicted octanol–water partition coefficient (Wildman–Crippen LogP) is 10.7. The lowest BCUT2D eigenvalue weighted by molar-refractivity contribution is -0.217. The largest absolute Gasteiger partial charge is 0.478 e. The van der Waals surface area contributed by atoms with Crippen molar-refractivity contribution in [2.75, 3.05) is 0 Å². The summed E-state index contributed by atoms with van der Waals surface area (Å²) in [6.07, 6.45) is 17.6. The van der Waals surface area contributed by atoms with Crippen molar-refractivity contribution in [3.8, 4) is 0 Å². The van der Waals surface area contributed by atoms with Crippen LogP contribution >= 0.6 is 11.3 Å². The molecule has 250 valence electrons. The molecule has 4 fully saturated rings. The summed E-state index contributed by atoms with van der Waals surface area (Å²) in [7, 11) is 0. The molecule has 5 aliphatic rings. The molecule has 1 aromatic carbocycles. The number of nitrogens with zero attached hydrogens (tertiary/aromatic N) is 1. The average Bonchev–Trinajstić information content (AvgIpc) is 3.63. The number of aromatic carboxylic acids is 1. The molecule has 0 bridgehead atoms. The Morgan fingerprint density at radius 3 is 2.35 bits per heavy atom. The molecule has 7 rings (SSSR count). The zero-order valence-electron chi connectivity index (χ0n) is 29.5. The Morgan fingerprint density at radius 2 is 1.70 bits per heavy atom. The van der Waals surface area contributed by atoms with Crippen LogP contribution in [0.3, 0.4) is 0 Å². The Balaban J connectivity index is 0.00000119. The maximum absolute atomic E-state index is 11.5. The van der Waals surface area contributed by atoms with Crippen molar-refractivity contribution < 1.29 is 9.90 Å². The highest BCUT2D eigenvalue weighted by atomic mass is 32.1. The molecule has 2 aromatic rings. The molecule has 0 spiro atoms. The van der Waals surface area contributed by atoms with Crippen LogP contribution in [0.15, 0.2) is 48.4 Å². The minimum atomic E-state index is -0.852. The summed E-state index contributed by atoms with van der Waals surface area (Å²) < 4.78 is 0. The zero-order valence-corrected chi connectivity index (χ0v) is 30.4. The van der Waals surface area contributed by atoms with Gasteiger partial charge in [0.1, 0.15) is 0 Å². The standard InChI is InChI=1S/C38H52N2O2S.C3H6/c1-24-40-27(23-43-24)22-39-38-17-7-8-30(38)29-13-14-32-35(4)18-15-28(25-9-11-26(12-10-25)33(41)42)34(2,3)31(35)16-19-37(32,6)36(29,5)20-21-38;1-3-2/h9-12,15,23,29-32,39H,7-8,13-14,16-22H2,1-6H3,(H,41,42);3H,1H2,2H3/t29?,30?,31?,32?,35?,36-,37?,38?;/m1./s1. The van der Waals surface area contributed by atoms with Crippen LogP contribution in [0.4, 0.5) is 0 Å². The van der Waals surface area contributed by atoms with Crippen LogP contribution in [0.5, 0.6) is 0 Å². The molecule has 5 heteroatoms. The third kappa shape index (κ3) is 5.09. The first kappa shape index (κ1) is 33.7. The molecule has 4 nitrogen and oxygen atoms in total. The molecule has 7 unspecified atom stereocenters. The normalized spacial score (nSPS) is 39.0. The highest BCUT2D eigenvalue weighted by Crippen LogP contribution is 2.76. The molecule has 5 aliphatic carbocycles. The van der Waals surface area contributed by atoms with Gasteiger partial charge in [0.2, 0.25) is 0 Å². The van der Waals surface area contributed by atoms with E-state index >= 15 is 0 Å². The van der Waals surface area contributed by atoms with Gasteiger partial charge in [-0.1, -0.05) is 65.3 Å². The molecule has 1 aromatic heterocycles. The lowest BCUT2D eigenvalue weighted by Gasteiger charge is -2.72. The summed E-state index contributed by atoms with van der Waals surface area (Å²) in [4.78, 5) is 16.3. The van der Waals surface area contributed by atoms with E-state index in [-0.39, 0.29) is 5.41 Å². The fourth-order valence-electron chi connectivity index (χ4n) is 12.5. The Kier molecular flexibility index (Phi) is 8.79. The number of carboxylic acids is 1. The minimum Gasteiger partial charge on any atom is -0.478 e. The van der Waals surface area contributed by atoms with Crippen molar-refractivity contribution in [2.45, 2.75) is 125 Å². The number of hydrogen-bond acceptors (Lipinski definition) is 4. The first-order valence-corrected chi connectivity index (χ1v) is 18.9. The van der Waals surface area contributed by atoms with E-state index < -0.39 is 5.97 Å². The second-order valence-corrected chi connectivity index (χ2v) is 17.9. The second kappa shape index (κ2) is 12.0. The zero-order chi connectivity index (χ0) is 33.1. The van der Waals surface area contributed by atoms with Crippen LogP contribution in [0.25, 0.3) is 5.57 Å². The summed E-state index contributed by atoms with van der Waals surface area (Å²) >= 11 is 1.78. The summed E-state index contributed by atoms with van der Waals surface area (Å²) in [5.74, 6) is 2.12. The predicted molar refractivity (Wildman–Crippen MR) is 192 cm³/mol. The number of rotatable bonds is 5. The fourth-order valence-corrected chi connectivity index (χ4v) is 13.1. The van der Waals surface area contributed by atoms with E-state index in [0.29, 0.717) is 33.3 Å². The Labute approximate surface area is 282 Å². The number of fused-ring (bicyclic) bond motifs is 7. The molecule has 1 heterocycles. The second-order valence-electron chi connectivity index (χ2n) is 16.9. The summed E-state index contributed by atoms with van der Waals surface area (Å²) in [5, 5.41) is 17.0. The van der Waals surface area contributed by atoms with E-state index in [0.717, 1.165) is 30.7 Å². The first-order chi connectivity index (χ1) is 21.8. The number of carbonyl (C=O) groups is 1. The number of carboxylic acid groups (broad SMARTS) is 1. The molecular formula is C41H58N2O2S. The third-order valence-corrected chi connectivity index (χ3v) is 15.5. The molecule has 0 amide bonds. The fraction of sp³-hybridized carbons (Fsp3) is 0.659. The number of aromatic nitrogens is 1.